The third kappa shape index (κ3) is 5.06. The third-order valence-electron chi connectivity index (χ3n) is 7.82. The van der Waals surface area contributed by atoms with Gasteiger partial charge in [-0.25, -0.2) is 0 Å². The van der Waals surface area contributed by atoms with E-state index in [0.717, 1.165) is 51.4 Å². The molecule has 2 aromatic rings. The van der Waals surface area contributed by atoms with E-state index < -0.39 is 6.23 Å². The highest BCUT2D eigenvalue weighted by molar-refractivity contribution is 6.16. The van der Waals surface area contributed by atoms with Crippen LogP contribution in [0.3, 0.4) is 0 Å². The van der Waals surface area contributed by atoms with Crippen LogP contribution in [0, 0.1) is 11.8 Å². The van der Waals surface area contributed by atoms with E-state index in [1.165, 1.54) is 0 Å². The number of amides is 1. The molecule has 36 heavy (non-hydrogen) atoms. The van der Waals surface area contributed by atoms with E-state index in [-0.39, 0.29) is 5.91 Å². The first kappa shape index (κ1) is 26.3. The van der Waals surface area contributed by atoms with Gasteiger partial charge in [-0.15, -0.1) is 0 Å². The van der Waals surface area contributed by atoms with E-state index in [9.17, 15) is 9.90 Å². The van der Waals surface area contributed by atoms with Crippen LogP contribution in [-0.2, 0) is 4.79 Å². The summed E-state index contributed by atoms with van der Waals surface area (Å²) in [6.07, 6.45) is 11.1. The molecule has 0 aromatic carbocycles. The third-order valence-corrected chi connectivity index (χ3v) is 7.82. The first-order valence-corrected chi connectivity index (χ1v) is 13.9. The fraction of sp³-hybridized carbons (Fsp3) is 0.567. The molecule has 1 amide bonds. The van der Waals surface area contributed by atoms with E-state index in [4.69, 9.17) is 8.83 Å². The van der Waals surface area contributed by atoms with Gasteiger partial charge in [0, 0.05) is 18.7 Å². The molecule has 0 saturated carbocycles. The summed E-state index contributed by atoms with van der Waals surface area (Å²) in [4.78, 5) is 18.0. The van der Waals surface area contributed by atoms with Crippen molar-refractivity contribution in [2.75, 3.05) is 13.1 Å². The van der Waals surface area contributed by atoms with Crippen LogP contribution in [-0.4, -0.2) is 40.1 Å². The lowest BCUT2D eigenvalue weighted by molar-refractivity contribution is -0.123. The van der Waals surface area contributed by atoms with Crippen molar-refractivity contribution in [3.8, 4) is 0 Å². The number of aliphatic hydroxyl groups is 1. The van der Waals surface area contributed by atoms with Crippen molar-refractivity contribution in [3.63, 3.8) is 0 Å². The highest BCUT2D eigenvalue weighted by Gasteiger charge is 2.50. The first-order chi connectivity index (χ1) is 17.5. The van der Waals surface area contributed by atoms with Gasteiger partial charge >= 0.3 is 0 Å². The van der Waals surface area contributed by atoms with Crippen LogP contribution < -0.4 is 0 Å². The fourth-order valence-electron chi connectivity index (χ4n) is 5.61. The van der Waals surface area contributed by atoms with Crippen molar-refractivity contribution in [1.82, 2.24) is 9.80 Å². The van der Waals surface area contributed by atoms with Crippen molar-refractivity contribution in [3.05, 3.63) is 59.5 Å². The average Bonchev–Trinajstić information content (AvgIpc) is 3.68. The van der Waals surface area contributed by atoms with E-state index in [1.807, 2.05) is 34.1 Å². The Kier molecular flexibility index (Phi) is 8.78. The van der Waals surface area contributed by atoms with Crippen LogP contribution >= 0.6 is 0 Å². The molecule has 0 aliphatic carbocycles. The number of aliphatic hydroxyl groups excluding tert-OH is 1. The van der Waals surface area contributed by atoms with Crippen LogP contribution in [0.1, 0.15) is 90.6 Å². The molecule has 0 radical (unpaired) electrons. The quantitative estimate of drug-likeness (QED) is 0.309. The zero-order chi connectivity index (χ0) is 25.7. The standard InChI is InChI=1S/C30H42N2O4/c1-5-9-13-21(7-3)19-31-27(23-15-11-17-35-23)25-26(29(31)33)28(24-16-12-18-36-24)32(30(25)34)20-22(8-4)14-10-6-2/h11-12,15-18,21-22,29,33H,5-10,13-14,19-20H2,1-4H3. The SMILES string of the molecule is CCCCC(CC)CN1C(=O)C2=C(c3ccco3)N(CC(CC)CCCC)C(O)C2=C1c1ccco1. The van der Waals surface area contributed by atoms with Gasteiger partial charge in [-0.1, -0.05) is 66.2 Å². The maximum Gasteiger partial charge on any atom is 0.261 e. The molecular weight excluding hydrogens is 452 g/mol. The second-order valence-corrected chi connectivity index (χ2v) is 10.2. The Morgan fingerprint density at radius 2 is 1.42 bits per heavy atom. The van der Waals surface area contributed by atoms with Crippen molar-refractivity contribution >= 4 is 17.3 Å². The first-order valence-electron chi connectivity index (χ1n) is 13.9. The number of carbonyl (C=O) groups is 1. The molecule has 6 heteroatoms. The van der Waals surface area contributed by atoms with Gasteiger partial charge in [0.05, 0.1) is 29.5 Å². The number of hydrogen-bond acceptors (Lipinski definition) is 5. The summed E-state index contributed by atoms with van der Waals surface area (Å²) in [5, 5.41) is 11.8. The Morgan fingerprint density at radius 3 is 1.92 bits per heavy atom. The van der Waals surface area contributed by atoms with Crippen molar-refractivity contribution in [1.29, 1.82) is 0 Å². The Balaban J connectivity index is 1.80. The molecule has 3 atom stereocenters. The molecule has 3 unspecified atom stereocenters. The van der Waals surface area contributed by atoms with Gasteiger partial charge in [0.15, 0.2) is 17.7 Å². The zero-order valence-corrected chi connectivity index (χ0v) is 22.3. The van der Waals surface area contributed by atoms with Gasteiger partial charge in [-0.3, -0.25) is 4.79 Å². The number of rotatable bonds is 14. The topological polar surface area (TPSA) is 70.1 Å². The monoisotopic (exact) mass is 494 g/mol. The number of carbonyl (C=O) groups excluding carboxylic acids is 1. The second kappa shape index (κ2) is 12.0. The Labute approximate surface area is 215 Å². The molecule has 0 spiro atoms. The molecule has 1 N–H and O–H groups in total. The van der Waals surface area contributed by atoms with Crippen LogP contribution in [0.4, 0.5) is 0 Å². The molecule has 4 rings (SSSR count). The van der Waals surface area contributed by atoms with Crippen LogP contribution in [0.25, 0.3) is 11.4 Å². The fourth-order valence-corrected chi connectivity index (χ4v) is 5.61. The summed E-state index contributed by atoms with van der Waals surface area (Å²) in [6, 6.07) is 7.45. The van der Waals surface area contributed by atoms with Gasteiger partial charge in [0.25, 0.3) is 5.91 Å². The zero-order valence-electron chi connectivity index (χ0n) is 22.3. The molecule has 0 bridgehead atoms. The number of unbranched alkanes of at least 4 members (excludes halogenated alkanes) is 2. The minimum absolute atomic E-state index is 0.0686. The minimum atomic E-state index is -0.930. The summed E-state index contributed by atoms with van der Waals surface area (Å²) in [5.41, 5.74) is 2.61. The van der Waals surface area contributed by atoms with Crippen LogP contribution in [0.15, 0.2) is 56.8 Å². The molecule has 0 saturated heterocycles. The second-order valence-electron chi connectivity index (χ2n) is 10.2. The Bertz CT molecular complexity index is 1050. The summed E-state index contributed by atoms with van der Waals surface area (Å²) in [7, 11) is 0. The molecule has 2 aliphatic heterocycles. The van der Waals surface area contributed by atoms with Crippen LogP contribution in [0.5, 0.6) is 0 Å². The van der Waals surface area contributed by atoms with Crippen molar-refractivity contribution < 1.29 is 18.7 Å². The van der Waals surface area contributed by atoms with Gasteiger partial charge in [0.2, 0.25) is 0 Å². The lowest BCUT2D eigenvalue weighted by Gasteiger charge is -2.32. The summed E-state index contributed by atoms with van der Waals surface area (Å²) < 4.78 is 11.7. The highest BCUT2D eigenvalue weighted by Crippen LogP contribution is 2.49. The number of furan rings is 2. The van der Waals surface area contributed by atoms with E-state index in [1.54, 1.807) is 12.5 Å². The van der Waals surface area contributed by atoms with Gasteiger partial charge < -0.3 is 23.7 Å². The van der Waals surface area contributed by atoms with E-state index >= 15 is 0 Å². The number of fused-ring (bicyclic) bond motifs is 1. The molecular formula is C30H42N2O4. The predicted molar refractivity (Wildman–Crippen MR) is 142 cm³/mol. The maximum absolute atomic E-state index is 14.1. The molecule has 2 aliphatic rings. The van der Waals surface area contributed by atoms with Crippen LogP contribution in [0.2, 0.25) is 0 Å². The van der Waals surface area contributed by atoms with Gasteiger partial charge in [-0.2, -0.15) is 0 Å². The van der Waals surface area contributed by atoms with Crippen molar-refractivity contribution in [2.45, 2.75) is 85.3 Å². The van der Waals surface area contributed by atoms with E-state index in [0.29, 0.717) is 59.0 Å². The Morgan fingerprint density at radius 1 is 0.861 bits per heavy atom. The minimum Gasteiger partial charge on any atom is -0.463 e. The summed E-state index contributed by atoms with van der Waals surface area (Å²) in [6.45, 7) is 10.1. The largest absolute Gasteiger partial charge is 0.463 e. The summed E-state index contributed by atoms with van der Waals surface area (Å²) in [5.74, 6) is 1.98. The number of nitrogens with zero attached hydrogens (tertiary/aromatic N) is 2. The van der Waals surface area contributed by atoms with Gasteiger partial charge in [-0.05, 0) is 48.9 Å². The van der Waals surface area contributed by atoms with Crippen molar-refractivity contribution in [2.24, 2.45) is 11.8 Å². The smallest absolute Gasteiger partial charge is 0.261 e. The Hall–Kier alpha value is -2.73. The number of hydrogen-bond donors (Lipinski definition) is 1. The summed E-state index contributed by atoms with van der Waals surface area (Å²) >= 11 is 0. The molecule has 4 heterocycles. The average molecular weight is 495 g/mol. The lowest BCUT2D eigenvalue weighted by atomic mass is 9.98. The molecule has 2 aromatic heterocycles. The lowest BCUT2D eigenvalue weighted by Crippen LogP contribution is -2.36. The maximum atomic E-state index is 14.1. The normalized spacial score (nSPS) is 19.6. The van der Waals surface area contributed by atoms with Gasteiger partial charge in [0.1, 0.15) is 0 Å². The predicted octanol–water partition coefficient (Wildman–Crippen LogP) is 6.90. The molecule has 0 fully saturated rings. The van der Waals surface area contributed by atoms with E-state index in [2.05, 4.69) is 27.7 Å². The highest BCUT2D eigenvalue weighted by atomic mass is 16.3. The molecule has 6 nitrogen and oxygen atoms in total. The molecule has 196 valence electrons.